The number of phenols is 1. The molecule has 0 amide bonds. The van der Waals surface area contributed by atoms with E-state index < -0.39 is 0 Å². The summed E-state index contributed by atoms with van der Waals surface area (Å²) in [6.07, 6.45) is 4.68. The molecule has 8 aromatic rings. The topological polar surface area (TPSA) is 35.9 Å². The van der Waals surface area contributed by atoms with E-state index in [1.54, 1.807) is 12.1 Å². The fourth-order valence-electron chi connectivity index (χ4n) is 7.17. The standard InChI is InChI=1S/C53H46N2O2.C4H10/c1-3-39(2)42-18-14-40(15-19-42)38-41-16-34-52(35-17-41)57-53-36-30-50(31-37-53)55(49-28-32-51(56)33-29-49)48-26-22-44(23-27-48)43-20-24-47(25-21-43)54(45-10-6-4-7-11-45)46-12-8-5-9-13-46;1-3-4-2/h4-37,39,56H,3,38H2,1-2H3;3-4H2,1-2H3. The van der Waals surface area contributed by atoms with Crippen molar-refractivity contribution in [3.8, 4) is 28.4 Å². The molecule has 4 heteroatoms. The minimum Gasteiger partial charge on any atom is -0.508 e. The number of hydrogen-bond donors (Lipinski definition) is 1. The van der Waals surface area contributed by atoms with Gasteiger partial charge >= 0.3 is 0 Å². The van der Waals surface area contributed by atoms with E-state index in [9.17, 15) is 5.11 Å². The Balaban J connectivity index is 0.00000134. The third-order valence-corrected chi connectivity index (χ3v) is 11.0. The highest BCUT2D eigenvalue weighted by Crippen LogP contribution is 2.39. The van der Waals surface area contributed by atoms with Crippen LogP contribution < -0.4 is 14.5 Å². The van der Waals surface area contributed by atoms with Crippen molar-refractivity contribution < 1.29 is 9.84 Å². The second kappa shape index (κ2) is 20.8. The molecule has 61 heavy (non-hydrogen) atoms. The third kappa shape index (κ3) is 11.0. The van der Waals surface area contributed by atoms with Gasteiger partial charge in [0.2, 0.25) is 0 Å². The maximum absolute atomic E-state index is 10.1. The Hall–Kier alpha value is -7.04. The minimum absolute atomic E-state index is 0.227. The smallest absolute Gasteiger partial charge is 0.127 e. The number of benzene rings is 8. The molecule has 0 aliphatic heterocycles. The highest BCUT2D eigenvalue weighted by molar-refractivity contribution is 5.81. The van der Waals surface area contributed by atoms with Crippen molar-refractivity contribution in [2.45, 2.75) is 59.3 Å². The average Bonchev–Trinajstić information content (AvgIpc) is 3.32. The van der Waals surface area contributed by atoms with Crippen LogP contribution in [0.15, 0.2) is 206 Å². The van der Waals surface area contributed by atoms with Gasteiger partial charge in [-0.1, -0.05) is 138 Å². The maximum atomic E-state index is 10.1. The van der Waals surface area contributed by atoms with E-state index in [1.807, 2.05) is 48.5 Å². The van der Waals surface area contributed by atoms with Gasteiger partial charge in [0.1, 0.15) is 17.2 Å². The molecule has 0 bridgehead atoms. The lowest BCUT2D eigenvalue weighted by Crippen LogP contribution is -2.09. The van der Waals surface area contributed by atoms with E-state index in [4.69, 9.17) is 4.74 Å². The van der Waals surface area contributed by atoms with E-state index >= 15 is 0 Å². The third-order valence-electron chi connectivity index (χ3n) is 11.0. The van der Waals surface area contributed by atoms with Crippen LogP contribution in [-0.2, 0) is 6.42 Å². The molecule has 0 heterocycles. The Labute approximate surface area is 363 Å². The molecule has 8 aromatic carbocycles. The van der Waals surface area contributed by atoms with E-state index in [0.717, 1.165) is 69.6 Å². The Bertz CT molecular complexity index is 2460. The lowest BCUT2D eigenvalue weighted by Gasteiger charge is -2.26. The van der Waals surface area contributed by atoms with Gasteiger partial charge in [0.25, 0.3) is 0 Å². The first-order valence-electron chi connectivity index (χ1n) is 21.6. The van der Waals surface area contributed by atoms with Gasteiger partial charge in [-0.15, -0.1) is 0 Å². The highest BCUT2D eigenvalue weighted by atomic mass is 16.5. The van der Waals surface area contributed by atoms with Crippen LogP contribution in [0, 0.1) is 0 Å². The summed E-state index contributed by atoms with van der Waals surface area (Å²) in [4.78, 5) is 4.45. The van der Waals surface area contributed by atoms with E-state index in [-0.39, 0.29) is 5.75 Å². The Morgan fingerprint density at radius 2 is 0.754 bits per heavy atom. The fourth-order valence-corrected chi connectivity index (χ4v) is 7.17. The summed E-state index contributed by atoms with van der Waals surface area (Å²) in [7, 11) is 0. The van der Waals surface area contributed by atoms with Crippen LogP contribution in [0.1, 0.15) is 69.6 Å². The van der Waals surface area contributed by atoms with Crippen molar-refractivity contribution in [2.75, 3.05) is 9.80 Å². The van der Waals surface area contributed by atoms with Crippen molar-refractivity contribution >= 4 is 34.1 Å². The second-order valence-electron chi connectivity index (χ2n) is 15.4. The maximum Gasteiger partial charge on any atom is 0.127 e. The number of ether oxygens (including phenoxy) is 1. The predicted molar refractivity (Wildman–Crippen MR) is 258 cm³/mol. The van der Waals surface area contributed by atoms with Crippen LogP contribution in [-0.4, -0.2) is 5.11 Å². The molecule has 1 N–H and O–H groups in total. The molecule has 1 unspecified atom stereocenters. The quantitative estimate of drug-likeness (QED) is 0.119. The van der Waals surface area contributed by atoms with E-state index in [2.05, 4.69) is 183 Å². The van der Waals surface area contributed by atoms with Gasteiger partial charge in [-0.2, -0.15) is 0 Å². The number of rotatable bonds is 14. The summed E-state index contributed by atoms with van der Waals surface area (Å²) in [5, 5.41) is 10.1. The Kier molecular flexibility index (Phi) is 14.3. The van der Waals surface area contributed by atoms with Gasteiger partial charge in [0.05, 0.1) is 0 Å². The van der Waals surface area contributed by atoms with Gasteiger partial charge in [-0.05, 0) is 156 Å². The first-order chi connectivity index (χ1) is 29.9. The molecule has 4 nitrogen and oxygen atoms in total. The summed E-state index contributed by atoms with van der Waals surface area (Å²) >= 11 is 0. The largest absolute Gasteiger partial charge is 0.508 e. The number of phenolic OH excluding ortho intramolecular Hbond substituents is 1. The van der Waals surface area contributed by atoms with Crippen LogP contribution >= 0.6 is 0 Å². The fraction of sp³-hybridized carbons (Fsp3) is 0.158. The first-order valence-corrected chi connectivity index (χ1v) is 21.6. The average molecular weight is 801 g/mol. The number of anilines is 6. The predicted octanol–water partition coefficient (Wildman–Crippen LogP) is 16.7. The monoisotopic (exact) mass is 800 g/mol. The number of nitrogens with zero attached hydrogens (tertiary/aromatic N) is 2. The molecule has 0 saturated heterocycles. The van der Waals surface area contributed by atoms with Crippen molar-refractivity contribution in [1.82, 2.24) is 0 Å². The van der Waals surface area contributed by atoms with Crippen LogP contribution in [0.2, 0.25) is 0 Å². The highest BCUT2D eigenvalue weighted by Gasteiger charge is 2.15. The van der Waals surface area contributed by atoms with Crippen LogP contribution in [0.4, 0.5) is 34.1 Å². The van der Waals surface area contributed by atoms with Crippen LogP contribution in [0.25, 0.3) is 11.1 Å². The van der Waals surface area contributed by atoms with E-state index in [1.165, 1.54) is 29.5 Å². The molecule has 1 atom stereocenters. The van der Waals surface area contributed by atoms with Gasteiger partial charge in [0.15, 0.2) is 0 Å². The first kappa shape index (κ1) is 42.1. The van der Waals surface area contributed by atoms with Crippen molar-refractivity contribution in [2.24, 2.45) is 0 Å². The zero-order valence-electron chi connectivity index (χ0n) is 35.8. The molecule has 0 aromatic heterocycles. The summed E-state index contributed by atoms with van der Waals surface area (Å²) in [6.45, 7) is 8.87. The van der Waals surface area contributed by atoms with Gasteiger partial charge in [-0.25, -0.2) is 0 Å². The summed E-state index contributed by atoms with van der Waals surface area (Å²) in [5.41, 5.74) is 12.4. The van der Waals surface area contributed by atoms with Crippen molar-refractivity contribution in [3.63, 3.8) is 0 Å². The molecular formula is C57H56N2O2. The summed E-state index contributed by atoms with van der Waals surface area (Å²) in [6, 6.07) is 71.0. The van der Waals surface area contributed by atoms with Gasteiger partial charge in [-0.3, -0.25) is 0 Å². The van der Waals surface area contributed by atoms with Crippen molar-refractivity contribution in [1.29, 1.82) is 0 Å². The lowest BCUT2D eigenvalue weighted by molar-refractivity contribution is 0.475. The normalized spacial score (nSPS) is 11.2. The molecule has 0 aliphatic carbocycles. The molecule has 0 radical (unpaired) electrons. The Morgan fingerprint density at radius 1 is 0.410 bits per heavy atom. The number of hydrogen-bond acceptors (Lipinski definition) is 4. The van der Waals surface area contributed by atoms with Crippen LogP contribution in [0.3, 0.4) is 0 Å². The zero-order valence-corrected chi connectivity index (χ0v) is 35.8. The molecule has 0 saturated carbocycles. The number of para-hydroxylation sites is 2. The molecule has 306 valence electrons. The molecule has 0 spiro atoms. The van der Waals surface area contributed by atoms with Gasteiger partial charge < -0.3 is 19.6 Å². The zero-order chi connectivity index (χ0) is 42.4. The molecule has 0 aliphatic rings. The molecule has 0 fully saturated rings. The molecule has 8 rings (SSSR count). The Morgan fingerprint density at radius 3 is 1.15 bits per heavy atom. The minimum atomic E-state index is 0.227. The lowest BCUT2D eigenvalue weighted by atomic mass is 9.96. The van der Waals surface area contributed by atoms with E-state index in [0.29, 0.717) is 5.92 Å². The second-order valence-corrected chi connectivity index (χ2v) is 15.4. The summed E-state index contributed by atoms with van der Waals surface area (Å²) in [5.74, 6) is 2.37. The number of unbranched alkanes of at least 4 members (excludes halogenated alkanes) is 1. The van der Waals surface area contributed by atoms with Gasteiger partial charge in [0, 0.05) is 34.1 Å². The number of aromatic hydroxyl groups is 1. The van der Waals surface area contributed by atoms with Crippen LogP contribution in [0.5, 0.6) is 17.2 Å². The summed E-state index contributed by atoms with van der Waals surface area (Å²) < 4.78 is 6.28. The SMILES string of the molecule is CCC(C)c1ccc(Cc2ccc(Oc3ccc(N(c4ccc(O)cc4)c4ccc(-c5ccc(N(c6ccccc6)c6ccccc6)cc5)cc4)cc3)cc2)cc1.CCCC. The van der Waals surface area contributed by atoms with Crippen molar-refractivity contribution in [3.05, 3.63) is 223 Å². The molecular weight excluding hydrogens is 745 g/mol.